The predicted molar refractivity (Wildman–Crippen MR) is 84.5 cm³/mol. The number of hydrogen-bond acceptors (Lipinski definition) is 3. The smallest absolute Gasteiger partial charge is 0.339 e. The molecule has 1 aromatic heterocycles. The van der Waals surface area contributed by atoms with E-state index in [1.807, 2.05) is 18.2 Å². The molecule has 0 saturated heterocycles. The van der Waals surface area contributed by atoms with Crippen LogP contribution in [-0.4, -0.2) is 12.5 Å². The van der Waals surface area contributed by atoms with Gasteiger partial charge in [0.2, 0.25) is 0 Å². The summed E-state index contributed by atoms with van der Waals surface area (Å²) in [5, 5.41) is 1.01. The minimum Gasteiger partial charge on any atom is -0.493 e. The van der Waals surface area contributed by atoms with Gasteiger partial charge in [0.15, 0.2) is 0 Å². The molecule has 0 spiro atoms. The van der Waals surface area contributed by atoms with E-state index in [1.165, 1.54) is 0 Å². The van der Waals surface area contributed by atoms with Crippen molar-refractivity contribution < 1.29 is 9.15 Å². The molecule has 0 amide bonds. The van der Waals surface area contributed by atoms with Gasteiger partial charge in [0.05, 0.1) is 6.61 Å². The summed E-state index contributed by atoms with van der Waals surface area (Å²) in [6.45, 7) is 2.64. The molecule has 4 heteroatoms. The first-order chi connectivity index (χ1) is 10.2. The van der Waals surface area contributed by atoms with E-state index >= 15 is 0 Å². The van der Waals surface area contributed by atoms with Crippen LogP contribution < -0.4 is 10.4 Å². The van der Waals surface area contributed by atoms with Crippen LogP contribution in [0.1, 0.15) is 30.9 Å². The zero-order valence-electron chi connectivity index (χ0n) is 12.2. The summed E-state index contributed by atoms with van der Waals surface area (Å²) in [6, 6.07) is 5.66. The summed E-state index contributed by atoms with van der Waals surface area (Å²) in [5.74, 6) is 1.70. The Morgan fingerprint density at radius 3 is 2.81 bits per heavy atom. The van der Waals surface area contributed by atoms with Crippen LogP contribution in [0.2, 0.25) is 0 Å². The Balaban J connectivity index is 2.00. The Hall–Kier alpha value is -1.48. The quantitative estimate of drug-likeness (QED) is 0.635. The summed E-state index contributed by atoms with van der Waals surface area (Å²) in [4.78, 5) is 12.0. The molecule has 112 valence electrons. The molecule has 2 aromatic rings. The standard InChI is InChI=1S/C17H19ClO3/c1-11(9-18)10-20-12-6-7-16-15(8-12)13-4-2-3-5-14(13)17(19)21-16/h6-8,11H,2-5,9-10H2,1H3. The van der Waals surface area contributed by atoms with Gasteiger partial charge in [-0.25, -0.2) is 4.79 Å². The Bertz CT molecular complexity index is 705. The lowest BCUT2D eigenvalue weighted by atomic mass is 9.90. The van der Waals surface area contributed by atoms with Crippen molar-refractivity contribution >= 4 is 22.6 Å². The fraction of sp³-hybridized carbons (Fsp3) is 0.471. The molecule has 1 unspecified atom stereocenters. The number of hydrogen-bond donors (Lipinski definition) is 0. The monoisotopic (exact) mass is 306 g/mol. The molecule has 1 aliphatic rings. The van der Waals surface area contributed by atoms with Gasteiger partial charge in [0.1, 0.15) is 11.3 Å². The highest BCUT2D eigenvalue weighted by Gasteiger charge is 2.18. The maximum atomic E-state index is 12.0. The van der Waals surface area contributed by atoms with Crippen molar-refractivity contribution in [3.05, 3.63) is 39.7 Å². The lowest BCUT2D eigenvalue weighted by Gasteiger charge is -2.17. The molecule has 1 atom stereocenters. The van der Waals surface area contributed by atoms with Crippen molar-refractivity contribution in [2.24, 2.45) is 5.92 Å². The van der Waals surface area contributed by atoms with Gasteiger partial charge in [0, 0.05) is 22.7 Å². The van der Waals surface area contributed by atoms with Crippen molar-refractivity contribution in [1.82, 2.24) is 0 Å². The molecule has 0 saturated carbocycles. The van der Waals surface area contributed by atoms with Crippen LogP contribution in [0, 0.1) is 5.92 Å². The number of alkyl halides is 1. The fourth-order valence-electron chi connectivity index (χ4n) is 2.80. The summed E-state index contributed by atoms with van der Waals surface area (Å²) >= 11 is 5.80. The molecular formula is C17H19ClO3. The molecule has 0 N–H and O–H groups in total. The van der Waals surface area contributed by atoms with Gasteiger partial charge < -0.3 is 9.15 Å². The summed E-state index contributed by atoms with van der Waals surface area (Å²) in [7, 11) is 0. The topological polar surface area (TPSA) is 39.4 Å². The van der Waals surface area contributed by atoms with Crippen molar-refractivity contribution in [2.75, 3.05) is 12.5 Å². The van der Waals surface area contributed by atoms with Gasteiger partial charge in [-0.15, -0.1) is 11.6 Å². The molecule has 1 aliphatic carbocycles. The molecule has 0 bridgehead atoms. The molecule has 21 heavy (non-hydrogen) atoms. The SMILES string of the molecule is CC(CCl)COc1ccc2oc(=O)c3c(c2c1)CCCC3. The van der Waals surface area contributed by atoms with Gasteiger partial charge in [-0.2, -0.15) is 0 Å². The molecular weight excluding hydrogens is 288 g/mol. The van der Waals surface area contributed by atoms with Gasteiger partial charge in [0.25, 0.3) is 0 Å². The van der Waals surface area contributed by atoms with Crippen LogP contribution in [-0.2, 0) is 12.8 Å². The Kier molecular flexibility index (Phi) is 4.20. The average Bonchev–Trinajstić information content (AvgIpc) is 2.53. The molecule has 0 aliphatic heterocycles. The third-order valence-corrected chi connectivity index (χ3v) is 4.52. The van der Waals surface area contributed by atoms with Gasteiger partial charge in [-0.05, 0) is 49.4 Å². The molecule has 1 aromatic carbocycles. The van der Waals surface area contributed by atoms with Crippen LogP contribution in [0.15, 0.2) is 27.4 Å². The summed E-state index contributed by atoms with van der Waals surface area (Å²) in [5.41, 5.74) is 2.46. The normalized spacial score (nSPS) is 15.7. The molecule has 3 nitrogen and oxygen atoms in total. The van der Waals surface area contributed by atoms with Gasteiger partial charge >= 0.3 is 5.63 Å². The third-order valence-electron chi connectivity index (χ3n) is 3.99. The predicted octanol–water partition coefficient (Wildman–Crippen LogP) is 3.93. The Labute approximate surface area is 128 Å². The van der Waals surface area contributed by atoms with Crippen molar-refractivity contribution in [3.8, 4) is 5.75 Å². The van der Waals surface area contributed by atoms with E-state index in [0.29, 0.717) is 24.0 Å². The second-order valence-electron chi connectivity index (χ2n) is 5.78. The zero-order valence-corrected chi connectivity index (χ0v) is 12.9. The second kappa shape index (κ2) is 6.10. The lowest BCUT2D eigenvalue weighted by Crippen LogP contribution is -2.16. The number of benzene rings is 1. The maximum Gasteiger partial charge on any atom is 0.339 e. The van der Waals surface area contributed by atoms with E-state index in [2.05, 4.69) is 6.92 Å². The first-order valence-corrected chi connectivity index (χ1v) is 8.00. The van der Waals surface area contributed by atoms with E-state index in [0.717, 1.165) is 47.9 Å². The highest BCUT2D eigenvalue weighted by molar-refractivity contribution is 6.18. The van der Waals surface area contributed by atoms with Crippen LogP contribution >= 0.6 is 11.6 Å². The average molecular weight is 307 g/mol. The molecule has 0 radical (unpaired) electrons. The Morgan fingerprint density at radius 2 is 2.05 bits per heavy atom. The van der Waals surface area contributed by atoms with Crippen LogP contribution in [0.5, 0.6) is 5.75 Å². The highest BCUT2D eigenvalue weighted by Crippen LogP contribution is 2.29. The van der Waals surface area contributed by atoms with Crippen molar-refractivity contribution in [3.63, 3.8) is 0 Å². The van der Waals surface area contributed by atoms with Crippen LogP contribution in [0.25, 0.3) is 11.0 Å². The van der Waals surface area contributed by atoms with Crippen molar-refractivity contribution in [2.45, 2.75) is 32.6 Å². The maximum absolute atomic E-state index is 12.0. The zero-order chi connectivity index (χ0) is 14.8. The molecule has 1 heterocycles. The van der Waals surface area contributed by atoms with E-state index in [9.17, 15) is 4.79 Å². The summed E-state index contributed by atoms with van der Waals surface area (Å²) in [6.07, 6.45) is 3.95. The van der Waals surface area contributed by atoms with E-state index in [-0.39, 0.29) is 5.63 Å². The van der Waals surface area contributed by atoms with E-state index < -0.39 is 0 Å². The van der Waals surface area contributed by atoms with Crippen LogP contribution in [0.3, 0.4) is 0 Å². The second-order valence-corrected chi connectivity index (χ2v) is 6.09. The first-order valence-electron chi connectivity index (χ1n) is 7.46. The van der Waals surface area contributed by atoms with Crippen LogP contribution in [0.4, 0.5) is 0 Å². The van der Waals surface area contributed by atoms with E-state index in [1.54, 1.807) is 0 Å². The number of halogens is 1. The highest BCUT2D eigenvalue weighted by atomic mass is 35.5. The third kappa shape index (κ3) is 2.93. The minimum absolute atomic E-state index is 0.179. The molecule has 3 rings (SSSR count). The van der Waals surface area contributed by atoms with Gasteiger partial charge in [-0.1, -0.05) is 6.92 Å². The first kappa shape index (κ1) is 14.5. The minimum atomic E-state index is -0.179. The molecule has 0 fully saturated rings. The number of rotatable bonds is 4. The number of fused-ring (bicyclic) bond motifs is 3. The number of ether oxygens (including phenoxy) is 1. The Morgan fingerprint density at radius 1 is 1.29 bits per heavy atom. The lowest BCUT2D eigenvalue weighted by molar-refractivity contribution is 0.273. The fourth-order valence-corrected chi connectivity index (χ4v) is 2.89. The number of aryl methyl sites for hydroxylation is 1. The van der Waals surface area contributed by atoms with E-state index in [4.69, 9.17) is 20.8 Å². The van der Waals surface area contributed by atoms with Gasteiger partial charge in [-0.3, -0.25) is 0 Å². The van der Waals surface area contributed by atoms with Crippen molar-refractivity contribution in [1.29, 1.82) is 0 Å². The largest absolute Gasteiger partial charge is 0.493 e. The summed E-state index contributed by atoms with van der Waals surface area (Å²) < 4.78 is 11.2.